The van der Waals surface area contributed by atoms with E-state index in [0.717, 1.165) is 24.5 Å². The summed E-state index contributed by atoms with van der Waals surface area (Å²) in [6.45, 7) is 1.88. The maximum Gasteiger partial charge on any atom is 0.218 e. The topological polar surface area (TPSA) is 47.0 Å². The quantitative estimate of drug-likeness (QED) is 0.825. The van der Waals surface area contributed by atoms with Gasteiger partial charge in [-0.2, -0.15) is 4.98 Å². The van der Waals surface area contributed by atoms with Crippen LogP contribution in [0.2, 0.25) is 0 Å². The van der Waals surface area contributed by atoms with Crippen LogP contribution in [0, 0.1) is 6.92 Å². The molecule has 0 unspecified atom stereocenters. The lowest BCUT2D eigenvalue weighted by atomic mass is 10.3. The van der Waals surface area contributed by atoms with Crippen molar-refractivity contribution in [2.45, 2.75) is 38.7 Å². The number of nitrogens with zero attached hydrogens (tertiary/aromatic N) is 2. The van der Waals surface area contributed by atoms with Gasteiger partial charge in [-0.15, -0.1) is 0 Å². The molecule has 1 aromatic heterocycles. The van der Waals surface area contributed by atoms with Gasteiger partial charge >= 0.3 is 0 Å². The van der Waals surface area contributed by atoms with Crippen LogP contribution in [-0.2, 0) is 0 Å². The molecule has 0 bridgehead atoms. The zero-order valence-electron chi connectivity index (χ0n) is 9.29. The van der Waals surface area contributed by atoms with E-state index in [2.05, 4.69) is 15.3 Å². The van der Waals surface area contributed by atoms with Crippen molar-refractivity contribution in [2.75, 3.05) is 12.4 Å². The van der Waals surface area contributed by atoms with Crippen LogP contribution >= 0.6 is 0 Å². The largest absolute Gasteiger partial charge is 0.474 e. The first-order chi connectivity index (χ1) is 7.28. The van der Waals surface area contributed by atoms with Gasteiger partial charge in [-0.1, -0.05) is 0 Å². The average Bonchev–Trinajstić information content (AvgIpc) is 2.69. The summed E-state index contributed by atoms with van der Waals surface area (Å²) in [5.41, 5.74) is 0. The van der Waals surface area contributed by atoms with Crippen LogP contribution in [0.1, 0.15) is 31.5 Å². The molecule has 0 amide bonds. The van der Waals surface area contributed by atoms with E-state index in [1.807, 2.05) is 20.0 Å². The fourth-order valence-corrected chi connectivity index (χ4v) is 1.91. The molecule has 1 aliphatic rings. The van der Waals surface area contributed by atoms with Crippen molar-refractivity contribution in [1.82, 2.24) is 9.97 Å². The molecule has 0 aromatic carbocycles. The van der Waals surface area contributed by atoms with Crippen molar-refractivity contribution < 1.29 is 4.74 Å². The van der Waals surface area contributed by atoms with Gasteiger partial charge in [0.2, 0.25) is 5.88 Å². The predicted octanol–water partition coefficient (Wildman–Crippen LogP) is 2.15. The molecule has 1 fully saturated rings. The Labute approximate surface area is 90.1 Å². The summed E-state index contributed by atoms with van der Waals surface area (Å²) in [6.07, 6.45) is 5.20. The van der Waals surface area contributed by atoms with Crippen LogP contribution < -0.4 is 10.1 Å². The van der Waals surface area contributed by atoms with Gasteiger partial charge in [0, 0.05) is 13.1 Å². The molecular weight excluding hydrogens is 190 g/mol. The highest BCUT2D eigenvalue weighted by Gasteiger charge is 2.17. The van der Waals surface area contributed by atoms with E-state index in [0.29, 0.717) is 12.0 Å². The molecule has 1 aliphatic carbocycles. The SMILES string of the molecule is CNc1cc(OC2CCCC2)nc(C)n1. The summed E-state index contributed by atoms with van der Waals surface area (Å²) in [4.78, 5) is 8.50. The van der Waals surface area contributed by atoms with Crippen LogP contribution in [0.5, 0.6) is 5.88 Å². The third kappa shape index (κ3) is 2.58. The molecule has 0 aliphatic heterocycles. The zero-order chi connectivity index (χ0) is 10.7. The summed E-state index contributed by atoms with van der Waals surface area (Å²) in [6, 6.07) is 1.85. The van der Waals surface area contributed by atoms with E-state index < -0.39 is 0 Å². The molecule has 1 N–H and O–H groups in total. The van der Waals surface area contributed by atoms with Gasteiger partial charge in [-0.3, -0.25) is 0 Å². The minimum Gasteiger partial charge on any atom is -0.474 e. The number of ether oxygens (including phenoxy) is 1. The Bertz CT molecular complexity index is 335. The molecule has 1 aromatic rings. The van der Waals surface area contributed by atoms with E-state index >= 15 is 0 Å². The molecule has 4 nitrogen and oxygen atoms in total. The van der Waals surface area contributed by atoms with E-state index in [1.165, 1.54) is 12.8 Å². The summed E-state index contributed by atoms with van der Waals surface area (Å²) in [5.74, 6) is 2.25. The third-order valence-electron chi connectivity index (χ3n) is 2.66. The molecule has 4 heteroatoms. The van der Waals surface area contributed by atoms with Crippen molar-refractivity contribution in [1.29, 1.82) is 0 Å². The number of anilines is 1. The van der Waals surface area contributed by atoms with Crippen molar-refractivity contribution in [2.24, 2.45) is 0 Å². The molecule has 1 saturated carbocycles. The number of aryl methyl sites for hydroxylation is 1. The molecule has 0 radical (unpaired) electrons. The predicted molar refractivity (Wildman–Crippen MR) is 59.2 cm³/mol. The molecule has 2 rings (SSSR count). The monoisotopic (exact) mass is 207 g/mol. The molecule has 0 spiro atoms. The van der Waals surface area contributed by atoms with Crippen LogP contribution in [0.4, 0.5) is 5.82 Å². The van der Waals surface area contributed by atoms with Crippen LogP contribution in [0.25, 0.3) is 0 Å². The summed E-state index contributed by atoms with van der Waals surface area (Å²) < 4.78 is 5.81. The molecule has 15 heavy (non-hydrogen) atoms. The van der Waals surface area contributed by atoms with Crippen LogP contribution in [0.3, 0.4) is 0 Å². The number of hydrogen-bond acceptors (Lipinski definition) is 4. The number of aromatic nitrogens is 2. The number of hydrogen-bond donors (Lipinski definition) is 1. The minimum atomic E-state index is 0.351. The van der Waals surface area contributed by atoms with Gasteiger partial charge in [0.1, 0.15) is 17.7 Å². The zero-order valence-corrected chi connectivity index (χ0v) is 9.29. The Morgan fingerprint density at radius 1 is 1.33 bits per heavy atom. The second-order valence-corrected chi connectivity index (χ2v) is 3.91. The Hall–Kier alpha value is -1.32. The fraction of sp³-hybridized carbons (Fsp3) is 0.636. The molecule has 82 valence electrons. The first kappa shape index (κ1) is 10.2. The Balaban J connectivity index is 2.09. The molecule has 0 saturated heterocycles. The lowest BCUT2D eigenvalue weighted by Crippen LogP contribution is -2.12. The van der Waals surface area contributed by atoms with Gasteiger partial charge in [-0.25, -0.2) is 4.98 Å². The van der Waals surface area contributed by atoms with Gasteiger partial charge < -0.3 is 10.1 Å². The second-order valence-electron chi connectivity index (χ2n) is 3.91. The van der Waals surface area contributed by atoms with Crippen molar-refractivity contribution >= 4 is 5.82 Å². The first-order valence-electron chi connectivity index (χ1n) is 5.48. The maximum absolute atomic E-state index is 5.81. The minimum absolute atomic E-state index is 0.351. The van der Waals surface area contributed by atoms with E-state index in [9.17, 15) is 0 Å². The highest BCUT2D eigenvalue weighted by Crippen LogP contribution is 2.23. The van der Waals surface area contributed by atoms with E-state index in [1.54, 1.807) is 0 Å². The van der Waals surface area contributed by atoms with Crippen molar-refractivity contribution in [3.8, 4) is 5.88 Å². The smallest absolute Gasteiger partial charge is 0.218 e. The normalized spacial score (nSPS) is 16.7. The lowest BCUT2D eigenvalue weighted by molar-refractivity contribution is 0.201. The summed E-state index contributed by atoms with van der Waals surface area (Å²) >= 11 is 0. The highest BCUT2D eigenvalue weighted by atomic mass is 16.5. The average molecular weight is 207 g/mol. The van der Waals surface area contributed by atoms with Gasteiger partial charge in [-0.05, 0) is 32.6 Å². The number of rotatable bonds is 3. The Morgan fingerprint density at radius 2 is 2.07 bits per heavy atom. The van der Waals surface area contributed by atoms with Crippen molar-refractivity contribution in [3.63, 3.8) is 0 Å². The maximum atomic E-state index is 5.81. The summed E-state index contributed by atoms with van der Waals surface area (Å²) in [5, 5.41) is 3.00. The molecule has 0 atom stereocenters. The van der Waals surface area contributed by atoms with Gasteiger partial charge in [0.05, 0.1) is 0 Å². The lowest BCUT2D eigenvalue weighted by Gasteiger charge is -2.12. The highest BCUT2D eigenvalue weighted by molar-refractivity contribution is 5.37. The Morgan fingerprint density at radius 3 is 2.73 bits per heavy atom. The molecular formula is C11H17N3O. The molecule has 1 heterocycles. The second kappa shape index (κ2) is 4.47. The fourth-order valence-electron chi connectivity index (χ4n) is 1.91. The Kier molecular flexibility index (Phi) is 3.04. The van der Waals surface area contributed by atoms with Gasteiger partial charge in [0.15, 0.2) is 0 Å². The van der Waals surface area contributed by atoms with Crippen LogP contribution in [0.15, 0.2) is 6.07 Å². The van der Waals surface area contributed by atoms with Crippen LogP contribution in [-0.4, -0.2) is 23.1 Å². The standard InChI is InChI=1S/C11H17N3O/c1-8-13-10(12-2)7-11(14-8)15-9-5-3-4-6-9/h7,9H,3-6H2,1-2H3,(H,12,13,14). The van der Waals surface area contributed by atoms with Gasteiger partial charge in [0.25, 0.3) is 0 Å². The van der Waals surface area contributed by atoms with E-state index in [-0.39, 0.29) is 0 Å². The first-order valence-corrected chi connectivity index (χ1v) is 5.48. The summed E-state index contributed by atoms with van der Waals surface area (Å²) in [7, 11) is 1.85. The van der Waals surface area contributed by atoms with Crippen molar-refractivity contribution in [3.05, 3.63) is 11.9 Å². The third-order valence-corrected chi connectivity index (χ3v) is 2.66. The number of nitrogens with one attached hydrogen (secondary N) is 1. The van der Waals surface area contributed by atoms with E-state index in [4.69, 9.17) is 4.74 Å².